The molecule has 0 aliphatic carbocycles. The van der Waals surface area contributed by atoms with Crippen molar-refractivity contribution in [3.63, 3.8) is 0 Å². The summed E-state index contributed by atoms with van der Waals surface area (Å²) in [6.07, 6.45) is 0. The number of nitrogens with zero attached hydrogens (tertiary/aromatic N) is 1. The number of aliphatic hydroxyl groups is 1. The Morgan fingerprint density at radius 2 is 1.69 bits per heavy atom. The van der Waals surface area contributed by atoms with E-state index in [9.17, 15) is 24.6 Å². The van der Waals surface area contributed by atoms with Gasteiger partial charge in [0, 0.05) is 17.1 Å². The van der Waals surface area contributed by atoms with Crippen LogP contribution >= 0.6 is 11.6 Å². The van der Waals surface area contributed by atoms with Crippen LogP contribution in [-0.4, -0.2) is 39.4 Å². The molecule has 0 bridgehead atoms. The van der Waals surface area contributed by atoms with Crippen molar-refractivity contribution in [2.45, 2.75) is 19.5 Å². The van der Waals surface area contributed by atoms with E-state index in [4.69, 9.17) is 16.3 Å². The van der Waals surface area contributed by atoms with Crippen molar-refractivity contribution in [1.29, 1.82) is 0 Å². The molecule has 178 valence electrons. The van der Waals surface area contributed by atoms with Crippen molar-refractivity contribution < 1.29 is 29.3 Å². The molecule has 1 fully saturated rings. The lowest BCUT2D eigenvalue weighted by Crippen LogP contribution is -2.29. The molecule has 0 saturated carbocycles. The average Bonchev–Trinajstić information content (AvgIpc) is 3.09. The van der Waals surface area contributed by atoms with E-state index in [2.05, 4.69) is 0 Å². The zero-order valence-corrected chi connectivity index (χ0v) is 19.5. The van der Waals surface area contributed by atoms with Gasteiger partial charge >= 0.3 is 5.97 Å². The number of amides is 1. The molecule has 1 aliphatic heterocycles. The number of halogens is 1. The van der Waals surface area contributed by atoms with Crippen LogP contribution in [0.5, 0.6) is 5.75 Å². The lowest BCUT2D eigenvalue weighted by molar-refractivity contribution is -0.140. The topological polar surface area (TPSA) is 104 Å². The summed E-state index contributed by atoms with van der Waals surface area (Å²) in [7, 11) is 0. The van der Waals surface area contributed by atoms with Gasteiger partial charge in [0.15, 0.2) is 0 Å². The van der Waals surface area contributed by atoms with Crippen molar-refractivity contribution >= 4 is 35.0 Å². The SMILES string of the molecule is CCOC(=O)c1ccc(CN2C(=O)C(=O)/C(=C(/O)c3cccc(Cl)c3)C2c2ccc(O)cc2)cc1. The van der Waals surface area contributed by atoms with E-state index in [-0.39, 0.29) is 30.2 Å². The van der Waals surface area contributed by atoms with Crippen LogP contribution in [-0.2, 0) is 20.9 Å². The van der Waals surface area contributed by atoms with Gasteiger partial charge in [-0.3, -0.25) is 9.59 Å². The number of Topliss-reactive ketones (excluding diaryl/α,β-unsaturated/α-hetero) is 1. The Balaban J connectivity index is 1.76. The highest BCUT2D eigenvalue weighted by molar-refractivity contribution is 6.46. The largest absolute Gasteiger partial charge is 0.508 e. The minimum absolute atomic E-state index is 0.0232. The Hall–Kier alpha value is -4.10. The number of aliphatic hydroxyl groups excluding tert-OH is 1. The first kappa shape index (κ1) is 24.0. The van der Waals surface area contributed by atoms with Gasteiger partial charge in [-0.25, -0.2) is 4.79 Å². The Bertz CT molecular complexity index is 1310. The van der Waals surface area contributed by atoms with Crippen LogP contribution < -0.4 is 0 Å². The number of carbonyl (C=O) groups is 3. The lowest BCUT2D eigenvalue weighted by atomic mass is 9.95. The maximum Gasteiger partial charge on any atom is 0.338 e. The maximum atomic E-state index is 13.1. The van der Waals surface area contributed by atoms with Gasteiger partial charge in [0.05, 0.1) is 23.8 Å². The smallest absolute Gasteiger partial charge is 0.338 e. The second-order valence-electron chi connectivity index (χ2n) is 7.95. The van der Waals surface area contributed by atoms with Crippen molar-refractivity contribution in [2.75, 3.05) is 6.61 Å². The van der Waals surface area contributed by atoms with Crippen LogP contribution in [0.1, 0.15) is 40.0 Å². The number of hydrogen-bond acceptors (Lipinski definition) is 6. The third kappa shape index (κ3) is 4.90. The summed E-state index contributed by atoms with van der Waals surface area (Å²) in [6, 6.07) is 18.1. The van der Waals surface area contributed by atoms with Crippen molar-refractivity contribution in [3.05, 3.63) is 106 Å². The molecule has 3 aromatic rings. The number of likely N-dealkylation sites (tertiary alicyclic amines) is 1. The van der Waals surface area contributed by atoms with E-state index < -0.39 is 23.7 Å². The fourth-order valence-corrected chi connectivity index (χ4v) is 4.19. The van der Waals surface area contributed by atoms with Gasteiger partial charge in [0.1, 0.15) is 11.5 Å². The number of rotatable bonds is 6. The van der Waals surface area contributed by atoms with Crippen LogP contribution in [0.15, 0.2) is 78.4 Å². The number of aromatic hydroxyl groups is 1. The lowest BCUT2D eigenvalue weighted by Gasteiger charge is -2.25. The van der Waals surface area contributed by atoms with Gasteiger partial charge < -0.3 is 19.8 Å². The highest BCUT2D eigenvalue weighted by Crippen LogP contribution is 2.40. The summed E-state index contributed by atoms with van der Waals surface area (Å²) >= 11 is 6.07. The molecule has 35 heavy (non-hydrogen) atoms. The Morgan fingerprint density at radius 3 is 2.31 bits per heavy atom. The molecule has 1 aliphatic rings. The molecule has 1 saturated heterocycles. The van der Waals surface area contributed by atoms with E-state index in [1.165, 1.54) is 23.1 Å². The van der Waals surface area contributed by atoms with Crippen LogP contribution in [0.4, 0.5) is 0 Å². The molecule has 3 aromatic carbocycles. The number of ether oxygens (including phenoxy) is 1. The molecule has 1 heterocycles. The third-order valence-corrected chi connectivity index (χ3v) is 5.90. The average molecular weight is 492 g/mol. The molecule has 7 nitrogen and oxygen atoms in total. The molecule has 0 aromatic heterocycles. The maximum absolute atomic E-state index is 13.1. The van der Waals surface area contributed by atoms with Crippen LogP contribution in [0.2, 0.25) is 5.02 Å². The minimum atomic E-state index is -0.903. The van der Waals surface area contributed by atoms with Crippen LogP contribution in [0.25, 0.3) is 5.76 Å². The van der Waals surface area contributed by atoms with E-state index in [1.807, 2.05) is 0 Å². The highest BCUT2D eigenvalue weighted by atomic mass is 35.5. The number of benzene rings is 3. The third-order valence-electron chi connectivity index (χ3n) is 5.66. The summed E-state index contributed by atoms with van der Waals surface area (Å²) in [5.74, 6) is -2.38. The fraction of sp³-hybridized carbons (Fsp3) is 0.148. The Kier molecular flexibility index (Phi) is 6.89. The first-order valence-electron chi connectivity index (χ1n) is 10.9. The van der Waals surface area contributed by atoms with Gasteiger partial charge in [0.2, 0.25) is 0 Å². The van der Waals surface area contributed by atoms with Gasteiger partial charge in [0.25, 0.3) is 11.7 Å². The Labute approximate surface area is 206 Å². The van der Waals surface area contributed by atoms with Crippen LogP contribution in [0, 0.1) is 0 Å². The molecule has 4 rings (SSSR count). The predicted octanol–water partition coefficient (Wildman–Crippen LogP) is 4.84. The summed E-state index contributed by atoms with van der Waals surface area (Å²) in [5, 5.41) is 21.2. The number of ketones is 1. The summed E-state index contributed by atoms with van der Waals surface area (Å²) in [5.41, 5.74) is 1.80. The zero-order valence-electron chi connectivity index (χ0n) is 18.8. The van der Waals surface area contributed by atoms with Crippen molar-refractivity contribution in [1.82, 2.24) is 4.90 Å². The van der Waals surface area contributed by atoms with Gasteiger partial charge in [-0.2, -0.15) is 0 Å². The first-order valence-corrected chi connectivity index (χ1v) is 11.3. The van der Waals surface area contributed by atoms with Crippen LogP contribution in [0.3, 0.4) is 0 Å². The molecule has 0 radical (unpaired) electrons. The number of esters is 1. The summed E-state index contributed by atoms with van der Waals surface area (Å²) < 4.78 is 5.00. The molecule has 8 heteroatoms. The van der Waals surface area contributed by atoms with Gasteiger partial charge in [-0.05, 0) is 54.4 Å². The summed E-state index contributed by atoms with van der Waals surface area (Å²) in [6.45, 7) is 2.02. The normalized spacial score (nSPS) is 17.0. The predicted molar refractivity (Wildman–Crippen MR) is 130 cm³/mol. The van der Waals surface area contributed by atoms with Gasteiger partial charge in [-0.1, -0.05) is 48.0 Å². The van der Waals surface area contributed by atoms with Crippen molar-refractivity contribution in [3.8, 4) is 5.75 Å². The molecule has 1 amide bonds. The van der Waals surface area contributed by atoms with E-state index in [0.717, 1.165) is 0 Å². The number of phenols is 1. The number of carbonyl (C=O) groups excluding carboxylic acids is 3. The monoisotopic (exact) mass is 491 g/mol. The first-order chi connectivity index (χ1) is 16.8. The zero-order chi connectivity index (χ0) is 25.1. The van der Waals surface area contributed by atoms with Crippen molar-refractivity contribution in [2.24, 2.45) is 0 Å². The van der Waals surface area contributed by atoms with E-state index >= 15 is 0 Å². The standard InChI is InChI=1S/C27H22ClNO6/c1-2-35-27(34)18-8-6-16(7-9-18)15-29-23(17-10-12-21(30)13-11-17)22(25(32)26(29)33)24(31)19-4-3-5-20(28)14-19/h3-14,23,30-31H,2,15H2,1H3/b24-22+. The molecular formula is C27H22ClNO6. The summed E-state index contributed by atoms with van der Waals surface area (Å²) in [4.78, 5) is 39.5. The van der Waals surface area contributed by atoms with E-state index in [1.54, 1.807) is 61.5 Å². The van der Waals surface area contributed by atoms with Gasteiger partial charge in [-0.15, -0.1) is 0 Å². The van der Waals surface area contributed by atoms with E-state index in [0.29, 0.717) is 27.3 Å². The molecule has 1 atom stereocenters. The quantitative estimate of drug-likeness (QED) is 0.221. The second kappa shape index (κ2) is 10.0. The highest BCUT2D eigenvalue weighted by Gasteiger charge is 2.46. The molecule has 2 N–H and O–H groups in total. The molecule has 1 unspecified atom stereocenters. The fourth-order valence-electron chi connectivity index (χ4n) is 3.99. The number of hydrogen-bond donors (Lipinski definition) is 2. The second-order valence-corrected chi connectivity index (χ2v) is 8.38. The number of phenolic OH excluding ortho intramolecular Hbond substituents is 1. The Morgan fingerprint density at radius 1 is 1.00 bits per heavy atom. The molecular weight excluding hydrogens is 470 g/mol. The molecule has 0 spiro atoms. The minimum Gasteiger partial charge on any atom is -0.508 e.